The molecule has 3 rings (SSSR count). The lowest BCUT2D eigenvalue weighted by atomic mass is 10.1. The van der Waals surface area contributed by atoms with Crippen molar-refractivity contribution in [3.05, 3.63) is 47.8 Å². The number of hydrogen-bond donors (Lipinski definition) is 3. The molecule has 0 radical (unpaired) electrons. The van der Waals surface area contributed by atoms with E-state index in [-0.39, 0.29) is 24.1 Å². The first-order valence-corrected chi connectivity index (χ1v) is 9.29. The number of rotatable bonds is 8. The van der Waals surface area contributed by atoms with Gasteiger partial charge >= 0.3 is 0 Å². The summed E-state index contributed by atoms with van der Waals surface area (Å²) in [6.45, 7) is 1.62. The molecule has 1 atom stereocenters. The predicted octanol–water partition coefficient (Wildman–Crippen LogP) is 2.20. The fourth-order valence-electron chi connectivity index (χ4n) is 3.01. The summed E-state index contributed by atoms with van der Waals surface area (Å²) in [5.74, 6) is 0.939. The van der Waals surface area contributed by atoms with Crippen LogP contribution in [-0.2, 0) is 4.79 Å². The van der Waals surface area contributed by atoms with E-state index in [1.165, 1.54) is 33.5 Å². The average Bonchev–Trinajstić information content (AvgIpc) is 3.20. The lowest BCUT2D eigenvalue weighted by Crippen LogP contribution is -2.38. The van der Waals surface area contributed by atoms with Crippen molar-refractivity contribution in [1.82, 2.24) is 20.6 Å². The maximum absolute atomic E-state index is 12.5. The highest BCUT2D eigenvalue weighted by atomic mass is 16.5. The smallest absolute Gasteiger partial charge is 0.251 e. The van der Waals surface area contributed by atoms with Crippen molar-refractivity contribution in [2.24, 2.45) is 0 Å². The highest BCUT2D eigenvalue weighted by Crippen LogP contribution is 2.38. The molecule has 1 unspecified atom stereocenters. The number of benzene rings is 2. The number of H-pyrrole nitrogens is 1. The van der Waals surface area contributed by atoms with Crippen LogP contribution in [0.25, 0.3) is 11.0 Å². The van der Waals surface area contributed by atoms with E-state index >= 15 is 0 Å². The van der Waals surface area contributed by atoms with Crippen LogP contribution in [0.5, 0.6) is 17.2 Å². The first-order valence-electron chi connectivity index (χ1n) is 9.29. The van der Waals surface area contributed by atoms with Crippen molar-refractivity contribution < 1.29 is 23.8 Å². The van der Waals surface area contributed by atoms with Crippen molar-refractivity contribution in [3.8, 4) is 17.2 Å². The molecule has 3 N–H and O–H groups in total. The molecule has 0 saturated heterocycles. The van der Waals surface area contributed by atoms with Gasteiger partial charge in [0.15, 0.2) is 11.5 Å². The zero-order valence-corrected chi connectivity index (χ0v) is 17.2. The summed E-state index contributed by atoms with van der Waals surface area (Å²) in [4.78, 5) is 32.4. The van der Waals surface area contributed by atoms with Crippen LogP contribution in [0.15, 0.2) is 36.4 Å². The molecule has 158 valence electrons. The molecule has 1 heterocycles. The molecule has 0 aliphatic rings. The van der Waals surface area contributed by atoms with Gasteiger partial charge in [-0.15, -0.1) is 0 Å². The number of hydrogen-bond acceptors (Lipinski definition) is 6. The van der Waals surface area contributed by atoms with E-state index in [1.807, 2.05) is 31.2 Å². The first kappa shape index (κ1) is 21.0. The van der Waals surface area contributed by atoms with E-state index in [9.17, 15) is 9.59 Å². The van der Waals surface area contributed by atoms with Gasteiger partial charge in [-0.3, -0.25) is 9.59 Å². The molecule has 0 aliphatic carbocycles. The Balaban J connectivity index is 1.62. The third-order valence-electron chi connectivity index (χ3n) is 4.53. The minimum Gasteiger partial charge on any atom is -0.493 e. The molecule has 1 aromatic heterocycles. The summed E-state index contributed by atoms with van der Waals surface area (Å²) in [6, 6.07) is 10.3. The Labute approximate surface area is 173 Å². The molecule has 2 aromatic carbocycles. The summed E-state index contributed by atoms with van der Waals surface area (Å²) in [5.41, 5.74) is 2.00. The Bertz CT molecular complexity index is 1000. The van der Waals surface area contributed by atoms with Crippen LogP contribution >= 0.6 is 0 Å². The van der Waals surface area contributed by atoms with Crippen LogP contribution in [0.2, 0.25) is 0 Å². The number of aromatic nitrogens is 2. The topological polar surface area (TPSA) is 115 Å². The Hall–Kier alpha value is -3.75. The molecule has 0 aliphatic heterocycles. The van der Waals surface area contributed by atoms with Crippen molar-refractivity contribution >= 4 is 22.8 Å². The fourth-order valence-corrected chi connectivity index (χ4v) is 3.01. The number of amides is 2. The molecule has 30 heavy (non-hydrogen) atoms. The van der Waals surface area contributed by atoms with E-state index in [1.54, 1.807) is 0 Å². The largest absolute Gasteiger partial charge is 0.493 e. The molecule has 2 amide bonds. The minimum atomic E-state index is -0.444. The van der Waals surface area contributed by atoms with Crippen molar-refractivity contribution in [2.45, 2.75) is 13.0 Å². The SMILES string of the molecule is COc1cc(C(=O)NCC(=O)NC(C)c2nc3ccccc3[nH]2)cc(OC)c1OC. The number of para-hydroxylation sites is 2. The van der Waals surface area contributed by atoms with Crippen LogP contribution in [0, 0.1) is 0 Å². The number of ether oxygens (including phenoxy) is 3. The second-order valence-electron chi connectivity index (χ2n) is 6.53. The summed E-state index contributed by atoms with van der Waals surface area (Å²) in [6.07, 6.45) is 0. The molecule has 3 aromatic rings. The highest BCUT2D eigenvalue weighted by Gasteiger charge is 2.18. The van der Waals surface area contributed by atoms with E-state index in [2.05, 4.69) is 20.6 Å². The van der Waals surface area contributed by atoms with Crippen LogP contribution in [0.3, 0.4) is 0 Å². The Morgan fingerprint density at radius 1 is 1.07 bits per heavy atom. The zero-order valence-electron chi connectivity index (χ0n) is 17.2. The molecule has 9 heteroatoms. The van der Waals surface area contributed by atoms with Crippen molar-refractivity contribution in [1.29, 1.82) is 0 Å². The maximum Gasteiger partial charge on any atom is 0.251 e. The van der Waals surface area contributed by atoms with Gasteiger partial charge in [-0.2, -0.15) is 0 Å². The van der Waals surface area contributed by atoms with Crippen LogP contribution < -0.4 is 24.8 Å². The van der Waals surface area contributed by atoms with Gasteiger partial charge in [-0.05, 0) is 31.2 Å². The molecular formula is C21H24N4O5. The number of imidazole rings is 1. The van der Waals surface area contributed by atoms with E-state index < -0.39 is 5.91 Å². The van der Waals surface area contributed by atoms with Crippen LogP contribution in [-0.4, -0.2) is 49.7 Å². The normalized spacial score (nSPS) is 11.6. The van der Waals surface area contributed by atoms with Gasteiger partial charge in [-0.25, -0.2) is 4.98 Å². The van der Waals surface area contributed by atoms with E-state index in [0.29, 0.717) is 23.1 Å². The monoisotopic (exact) mass is 412 g/mol. The maximum atomic E-state index is 12.5. The van der Waals surface area contributed by atoms with Crippen LogP contribution in [0.4, 0.5) is 0 Å². The lowest BCUT2D eigenvalue weighted by Gasteiger charge is -2.14. The number of carbonyl (C=O) groups is 2. The van der Waals surface area contributed by atoms with E-state index in [4.69, 9.17) is 14.2 Å². The number of methoxy groups -OCH3 is 3. The standard InChI is InChI=1S/C21H24N4O5/c1-12(20-24-14-7-5-6-8-15(14)25-20)23-18(26)11-22-21(27)13-9-16(28-2)19(30-4)17(10-13)29-3/h5-10,12H,11H2,1-4H3,(H,22,27)(H,23,26)(H,24,25). The zero-order chi connectivity index (χ0) is 21.7. The predicted molar refractivity (Wildman–Crippen MR) is 111 cm³/mol. The van der Waals surface area contributed by atoms with Crippen molar-refractivity contribution in [3.63, 3.8) is 0 Å². The Morgan fingerprint density at radius 3 is 2.33 bits per heavy atom. The third kappa shape index (κ3) is 4.45. The van der Waals surface area contributed by atoms with Crippen LogP contribution in [0.1, 0.15) is 29.1 Å². The third-order valence-corrected chi connectivity index (χ3v) is 4.53. The summed E-state index contributed by atoms with van der Waals surface area (Å²) in [5, 5.41) is 5.40. The van der Waals surface area contributed by atoms with E-state index in [0.717, 1.165) is 11.0 Å². The minimum absolute atomic E-state index is 0.194. The molecular weight excluding hydrogens is 388 g/mol. The second-order valence-corrected chi connectivity index (χ2v) is 6.53. The van der Waals surface area contributed by atoms with Gasteiger partial charge in [0.25, 0.3) is 5.91 Å². The summed E-state index contributed by atoms with van der Waals surface area (Å²) in [7, 11) is 4.41. The van der Waals surface area contributed by atoms with Gasteiger partial charge < -0.3 is 29.8 Å². The number of carbonyl (C=O) groups excluding carboxylic acids is 2. The number of fused-ring (bicyclic) bond motifs is 1. The van der Waals surface area contributed by atoms with Gasteiger partial charge in [0.2, 0.25) is 11.7 Å². The Kier molecular flexibility index (Phi) is 6.41. The molecule has 0 fully saturated rings. The first-order chi connectivity index (χ1) is 14.5. The molecule has 9 nitrogen and oxygen atoms in total. The number of aromatic amines is 1. The average molecular weight is 412 g/mol. The number of nitrogens with one attached hydrogen (secondary N) is 3. The second kappa shape index (κ2) is 9.17. The number of nitrogens with zero attached hydrogens (tertiary/aromatic N) is 1. The van der Waals surface area contributed by atoms with Crippen molar-refractivity contribution in [2.75, 3.05) is 27.9 Å². The molecule has 0 bridgehead atoms. The molecule has 0 spiro atoms. The fraction of sp³-hybridized carbons (Fsp3) is 0.286. The summed E-state index contributed by atoms with van der Waals surface area (Å²) < 4.78 is 15.7. The van der Waals surface area contributed by atoms with Gasteiger partial charge in [0.1, 0.15) is 5.82 Å². The Morgan fingerprint density at radius 2 is 1.73 bits per heavy atom. The van der Waals surface area contributed by atoms with Gasteiger partial charge in [-0.1, -0.05) is 12.1 Å². The quantitative estimate of drug-likeness (QED) is 0.523. The highest BCUT2D eigenvalue weighted by molar-refractivity contribution is 5.97. The molecule has 0 saturated carbocycles. The van der Waals surface area contributed by atoms with Gasteiger partial charge in [0.05, 0.1) is 44.9 Å². The summed E-state index contributed by atoms with van der Waals surface area (Å²) >= 11 is 0. The lowest BCUT2D eigenvalue weighted by molar-refractivity contribution is -0.120. The van der Waals surface area contributed by atoms with Gasteiger partial charge in [0, 0.05) is 5.56 Å².